The van der Waals surface area contributed by atoms with Gasteiger partial charge >= 0.3 is 12.1 Å². The number of halogens is 5. The van der Waals surface area contributed by atoms with Crippen molar-refractivity contribution in [1.29, 1.82) is 0 Å². The fraction of sp³-hybridized carbons (Fsp3) is 0.269. The molecule has 0 amide bonds. The van der Waals surface area contributed by atoms with Gasteiger partial charge in [0.25, 0.3) is 5.92 Å². The first-order valence-electron chi connectivity index (χ1n) is 10.8. The van der Waals surface area contributed by atoms with Crippen molar-refractivity contribution in [1.82, 2.24) is 0 Å². The van der Waals surface area contributed by atoms with Crippen LogP contribution in [-0.2, 0) is 16.9 Å². The molecule has 3 aromatic carbocycles. The number of alkyl halides is 5. The fourth-order valence-electron chi connectivity index (χ4n) is 3.57. The van der Waals surface area contributed by atoms with Gasteiger partial charge < -0.3 is 15.6 Å². The molecular formula is C26H24F5NO3. The van der Waals surface area contributed by atoms with Crippen molar-refractivity contribution < 1.29 is 36.6 Å². The molecular weight excluding hydrogens is 469 g/mol. The quantitative estimate of drug-likeness (QED) is 0.314. The minimum absolute atomic E-state index is 0.240. The fourth-order valence-corrected chi connectivity index (χ4v) is 3.57. The predicted octanol–water partition coefficient (Wildman–Crippen LogP) is 6.55. The van der Waals surface area contributed by atoms with Crippen molar-refractivity contribution in [2.45, 2.75) is 43.5 Å². The third-order valence-corrected chi connectivity index (χ3v) is 5.52. The van der Waals surface area contributed by atoms with E-state index in [-0.39, 0.29) is 12.2 Å². The average Bonchev–Trinajstić information content (AvgIpc) is 2.83. The van der Waals surface area contributed by atoms with Gasteiger partial charge in [-0.3, -0.25) is 4.79 Å². The summed E-state index contributed by atoms with van der Waals surface area (Å²) in [6.07, 6.45) is -4.08. The lowest BCUT2D eigenvalue weighted by Gasteiger charge is -2.22. The van der Waals surface area contributed by atoms with Gasteiger partial charge in [-0.2, -0.15) is 22.0 Å². The maximum absolute atomic E-state index is 15.0. The maximum atomic E-state index is 15.0. The smallest absolute Gasteiger partial charge is 0.416 e. The van der Waals surface area contributed by atoms with Gasteiger partial charge in [0.1, 0.15) is 17.9 Å². The van der Waals surface area contributed by atoms with Crippen LogP contribution in [0.1, 0.15) is 47.6 Å². The van der Waals surface area contributed by atoms with Crippen LogP contribution in [0.5, 0.6) is 5.75 Å². The van der Waals surface area contributed by atoms with Crippen LogP contribution >= 0.6 is 0 Å². The van der Waals surface area contributed by atoms with Crippen molar-refractivity contribution >= 4 is 5.97 Å². The summed E-state index contributed by atoms with van der Waals surface area (Å²) >= 11 is 0. The Bertz CT molecular complexity index is 1120. The summed E-state index contributed by atoms with van der Waals surface area (Å²) in [6.45, 7) is 0. The number of carboxylic acids is 1. The first-order valence-corrected chi connectivity index (χ1v) is 10.8. The predicted molar refractivity (Wildman–Crippen MR) is 120 cm³/mol. The Morgan fingerprint density at radius 3 is 2.06 bits per heavy atom. The van der Waals surface area contributed by atoms with Gasteiger partial charge in [0, 0.05) is 11.1 Å². The zero-order chi connectivity index (χ0) is 25.6. The Kier molecular flexibility index (Phi) is 8.11. The molecule has 4 nitrogen and oxygen atoms in total. The molecule has 0 radical (unpaired) electrons. The molecule has 0 heterocycles. The standard InChI is InChI=1S/C26H24F5NO3/c27-25(28,19-8-4-9-20(16-19)26(29,30)31)18-12-14-21(15-13-18)35-23(17-6-2-1-3-7-17)11-5-10-22(32)24(33)34/h1-4,6-9,12-16,22-23H,5,10-11,32H2,(H,33,34). The molecule has 3 N–H and O–H groups in total. The van der Waals surface area contributed by atoms with Gasteiger partial charge in [-0.15, -0.1) is 0 Å². The van der Waals surface area contributed by atoms with Gasteiger partial charge in [0.15, 0.2) is 0 Å². The van der Waals surface area contributed by atoms with Crippen molar-refractivity contribution in [3.05, 3.63) is 101 Å². The van der Waals surface area contributed by atoms with E-state index < -0.39 is 46.9 Å². The summed E-state index contributed by atoms with van der Waals surface area (Å²) < 4.78 is 74.8. The highest BCUT2D eigenvalue weighted by atomic mass is 19.4. The number of nitrogens with two attached hydrogens (primary N) is 1. The molecule has 0 bridgehead atoms. The molecule has 9 heteroatoms. The first-order chi connectivity index (χ1) is 16.5. The highest BCUT2D eigenvalue weighted by Crippen LogP contribution is 2.39. The molecule has 0 aliphatic heterocycles. The summed E-state index contributed by atoms with van der Waals surface area (Å²) in [5.74, 6) is -4.46. The van der Waals surface area contributed by atoms with Crippen LogP contribution in [0.4, 0.5) is 22.0 Å². The van der Waals surface area contributed by atoms with E-state index in [1.54, 1.807) is 0 Å². The molecule has 2 atom stereocenters. The minimum atomic E-state index is -4.73. The second kappa shape index (κ2) is 10.9. The summed E-state index contributed by atoms with van der Waals surface area (Å²) in [5, 5.41) is 8.96. The first kappa shape index (κ1) is 26.2. The van der Waals surface area contributed by atoms with E-state index in [1.807, 2.05) is 30.3 Å². The minimum Gasteiger partial charge on any atom is -0.486 e. The van der Waals surface area contributed by atoms with Gasteiger partial charge in [-0.05, 0) is 61.2 Å². The van der Waals surface area contributed by atoms with E-state index in [1.165, 1.54) is 12.1 Å². The van der Waals surface area contributed by atoms with E-state index >= 15 is 0 Å². The SMILES string of the molecule is NC(CCCC(Oc1ccc(C(F)(F)c2cccc(C(F)(F)F)c2)cc1)c1ccccc1)C(=O)O. The number of carboxylic acid groups (broad SMARTS) is 1. The molecule has 0 aliphatic rings. The van der Waals surface area contributed by atoms with E-state index in [4.69, 9.17) is 15.6 Å². The van der Waals surface area contributed by atoms with Crippen LogP contribution in [0.2, 0.25) is 0 Å². The third kappa shape index (κ3) is 6.79. The highest BCUT2D eigenvalue weighted by Gasteiger charge is 2.37. The van der Waals surface area contributed by atoms with Crippen LogP contribution in [0.25, 0.3) is 0 Å². The van der Waals surface area contributed by atoms with Crippen LogP contribution in [-0.4, -0.2) is 17.1 Å². The van der Waals surface area contributed by atoms with Gasteiger partial charge in [-0.1, -0.05) is 42.5 Å². The zero-order valence-electron chi connectivity index (χ0n) is 18.5. The molecule has 0 aromatic heterocycles. The largest absolute Gasteiger partial charge is 0.486 e. The van der Waals surface area contributed by atoms with Crippen LogP contribution < -0.4 is 10.5 Å². The second-order valence-electron chi connectivity index (χ2n) is 8.07. The molecule has 2 unspecified atom stereocenters. The Morgan fingerprint density at radius 1 is 0.829 bits per heavy atom. The Labute approximate surface area is 199 Å². The monoisotopic (exact) mass is 493 g/mol. The number of hydrogen-bond acceptors (Lipinski definition) is 3. The summed E-state index contributed by atoms with van der Waals surface area (Å²) in [7, 11) is 0. The maximum Gasteiger partial charge on any atom is 0.416 e. The van der Waals surface area contributed by atoms with Crippen molar-refractivity contribution in [2.24, 2.45) is 5.73 Å². The van der Waals surface area contributed by atoms with Crippen molar-refractivity contribution in [3.8, 4) is 5.75 Å². The van der Waals surface area contributed by atoms with Crippen LogP contribution in [0, 0.1) is 0 Å². The molecule has 3 rings (SSSR count). The molecule has 0 saturated heterocycles. The second-order valence-corrected chi connectivity index (χ2v) is 8.07. The highest BCUT2D eigenvalue weighted by molar-refractivity contribution is 5.72. The summed E-state index contributed by atoms with van der Waals surface area (Å²) in [6, 6.07) is 16.1. The van der Waals surface area contributed by atoms with E-state index in [9.17, 15) is 26.7 Å². The Balaban J connectivity index is 1.77. The molecule has 0 fully saturated rings. The number of ether oxygens (including phenoxy) is 1. The molecule has 186 valence electrons. The zero-order valence-corrected chi connectivity index (χ0v) is 18.5. The molecule has 0 spiro atoms. The van der Waals surface area contributed by atoms with E-state index in [2.05, 4.69) is 0 Å². The van der Waals surface area contributed by atoms with Gasteiger partial charge in [-0.25, -0.2) is 0 Å². The summed E-state index contributed by atoms with van der Waals surface area (Å²) in [5.41, 5.74) is 3.98. The molecule has 0 aliphatic carbocycles. The molecule has 35 heavy (non-hydrogen) atoms. The van der Waals surface area contributed by atoms with E-state index in [0.717, 1.165) is 35.9 Å². The number of aliphatic carboxylic acids is 1. The number of carbonyl (C=O) groups is 1. The topological polar surface area (TPSA) is 72.5 Å². The number of rotatable bonds is 10. The van der Waals surface area contributed by atoms with E-state index in [0.29, 0.717) is 18.9 Å². The Morgan fingerprint density at radius 2 is 1.46 bits per heavy atom. The normalized spacial score (nSPS) is 13.8. The number of hydrogen-bond donors (Lipinski definition) is 2. The third-order valence-electron chi connectivity index (χ3n) is 5.52. The number of benzene rings is 3. The van der Waals surface area contributed by atoms with Crippen molar-refractivity contribution in [3.63, 3.8) is 0 Å². The van der Waals surface area contributed by atoms with Crippen molar-refractivity contribution in [2.75, 3.05) is 0 Å². The lowest BCUT2D eigenvalue weighted by Crippen LogP contribution is -2.29. The lowest BCUT2D eigenvalue weighted by molar-refractivity contribution is -0.139. The molecule has 0 saturated carbocycles. The average molecular weight is 493 g/mol. The lowest BCUT2D eigenvalue weighted by atomic mass is 9.98. The van der Waals surface area contributed by atoms with Crippen LogP contribution in [0.3, 0.4) is 0 Å². The molecule has 3 aromatic rings. The Hall–Kier alpha value is -3.46. The van der Waals surface area contributed by atoms with Gasteiger partial charge in [0.05, 0.1) is 5.56 Å². The van der Waals surface area contributed by atoms with Gasteiger partial charge in [0.2, 0.25) is 0 Å². The van der Waals surface area contributed by atoms with Crippen LogP contribution in [0.15, 0.2) is 78.9 Å². The summed E-state index contributed by atoms with van der Waals surface area (Å²) in [4.78, 5) is 10.9.